The predicted molar refractivity (Wildman–Crippen MR) is 159 cm³/mol. The summed E-state index contributed by atoms with van der Waals surface area (Å²) in [5.74, 6) is 1.20. The van der Waals surface area contributed by atoms with Crippen molar-refractivity contribution in [2.75, 3.05) is 39.9 Å². The number of phenols is 1. The number of guanidine groups is 1. The van der Waals surface area contributed by atoms with Crippen LogP contribution < -0.4 is 37.9 Å². The topological polar surface area (TPSA) is 173 Å². The largest absolute Gasteiger partial charge is 0.508 e. The minimum Gasteiger partial charge on any atom is -0.508 e. The van der Waals surface area contributed by atoms with Crippen molar-refractivity contribution in [2.24, 2.45) is 22.2 Å². The molecule has 0 unspecified atom stereocenters. The first-order valence-corrected chi connectivity index (χ1v) is 13.5. The molecule has 10 heteroatoms. The highest BCUT2D eigenvalue weighted by Crippen LogP contribution is 2.46. The van der Waals surface area contributed by atoms with Gasteiger partial charge in [0.05, 0.1) is 0 Å². The SMILES string of the molecule is CNCCCCNCN.C[C@H]1c2cc(/C=C/C(=O)NCCCCN=C(N)N)ccc2O[C@H]1c1ccc(O)cc1. The molecule has 39 heavy (non-hydrogen) atoms. The van der Waals surface area contributed by atoms with Gasteiger partial charge in [-0.2, -0.15) is 0 Å². The molecule has 1 heterocycles. The van der Waals surface area contributed by atoms with Crippen LogP contribution in [0.3, 0.4) is 0 Å². The van der Waals surface area contributed by atoms with E-state index in [1.54, 1.807) is 18.2 Å². The van der Waals surface area contributed by atoms with Gasteiger partial charge in [0.1, 0.15) is 17.6 Å². The third kappa shape index (κ3) is 11.8. The Morgan fingerprint density at radius 3 is 2.46 bits per heavy atom. The summed E-state index contributed by atoms with van der Waals surface area (Å²) in [5, 5.41) is 18.5. The molecular weight excluding hydrogens is 494 g/mol. The molecule has 1 aliphatic heterocycles. The molecule has 2 aromatic rings. The first-order valence-electron chi connectivity index (χ1n) is 13.5. The van der Waals surface area contributed by atoms with Crippen molar-refractivity contribution in [3.05, 3.63) is 65.2 Å². The van der Waals surface area contributed by atoms with E-state index in [9.17, 15) is 9.90 Å². The predicted octanol–water partition coefficient (Wildman–Crippen LogP) is 2.30. The number of nitrogens with one attached hydrogen (secondary N) is 3. The quantitative estimate of drug-likeness (QED) is 0.0629. The number of hydrogen-bond donors (Lipinski definition) is 7. The van der Waals surface area contributed by atoms with Crippen molar-refractivity contribution in [3.63, 3.8) is 0 Å². The molecule has 0 saturated carbocycles. The van der Waals surface area contributed by atoms with E-state index < -0.39 is 0 Å². The van der Waals surface area contributed by atoms with Gasteiger partial charge in [0.2, 0.25) is 5.91 Å². The van der Waals surface area contributed by atoms with E-state index in [1.165, 1.54) is 18.9 Å². The zero-order valence-corrected chi connectivity index (χ0v) is 23.2. The molecule has 0 spiro atoms. The fourth-order valence-corrected chi connectivity index (χ4v) is 4.10. The van der Waals surface area contributed by atoms with E-state index in [-0.39, 0.29) is 29.6 Å². The summed E-state index contributed by atoms with van der Waals surface area (Å²) in [7, 11) is 1.97. The molecule has 214 valence electrons. The van der Waals surface area contributed by atoms with Gasteiger partial charge < -0.3 is 43.0 Å². The van der Waals surface area contributed by atoms with Crippen molar-refractivity contribution < 1.29 is 14.6 Å². The van der Waals surface area contributed by atoms with Crippen LogP contribution in [-0.4, -0.2) is 56.9 Å². The molecule has 10 nitrogen and oxygen atoms in total. The lowest BCUT2D eigenvalue weighted by molar-refractivity contribution is -0.116. The van der Waals surface area contributed by atoms with Gasteiger partial charge in [-0.3, -0.25) is 9.79 Å². The average Bonchev–Trinajstić information content (AvgIpc) is 3.25. The smallest absolute Gasteiger partial charge is 0.243 e. The van der Waals surface area contributed by atoms with Crippen molar-refractivity contribution in [2.45, 2.75) is 44.6 Å². The number of nitrogens with two attached hydrogens (primary N) is 3. The van der Waals surface area contributed by atoms with Crippen LogP contribution >= 0.6 is 0 Å². The van der Waals surface area contributed by atoms with Gasteiger partial charge in [0.25, 0.3) is 0 Å². The number of benzene rings is 2. The number of aliphatic imine (C=N–C) groups is 1. The number of hydrogen-bond acceptors (Lipinski definition) is 7. The Bertz CT molecular complexity index is 1050. The van der Waals surface area contributed by atoms with Gasteiger partial charge in [-0.15, -0.1) is 0 Å². The van der Waals surface area contributed by atoms with Crippen LogP contribution in [-0.2, 0) is 4.79 Å². The molecule has 0 aromatic heterocycles. The molecule has 3 rings (SSSR count). The van der Waals surface area contributed by atoms with Crippen LogP contribution in [0.4, 0.5) is 0 Å². The molecule has 2 aromatic carbocycles. The second kappa shape index (κ2) is 17.8. The van der Waals surface area contributed by atoms with Crippen LogP contribution in [0.1, 0.15) is 61.3 Å². The number of ether oxygens (including phenoxy) is 1. The number of amides is 1. The van der Waals surface area contributed by atoms with Gasteiger partial charge in [-0.05, 0) is 87.3 Å². The Hall–Kier alpha value is -3.60. The van der Waals surface area contributed by atoms with E-state index in [4.69, 9.17) is 21.9 Å². The van der Waals surface area contributed by atoms with Crippen molar-refractivity contribution in [1.29, 1.82) is 0 Å². The number of fused-ring (bicyclic) bond motifs is 1. The molecule has 0 radical (unpaired) electrons. The van der Waals surface area contributed by atoms with Crippen LogP contribution in [0.15, 0.2) is 53.5 Å². The van der Waals surface area contributed by atoms with E-state index >= 15 is 0 Å². The maximum atomic E-state index is 12.0. The minimum atomic E-state index is -0.136. The summed E-state index contributed by atoms with van der Waals surface area (Å²) in [6, 6.07) is 13.0. The fourth-order valence-electron chi connectivity index (χ4n) is 4.10. The van der Waals surface area contributed by atoms with Crippen LogP contribution in [0.25, 0.3) is 6.08 Å². The lowest BCUT2D eigenvalue weighted by Gasteiger charge is -2.15. The van der Waals surface area contributed by atoms with Crippen molar-refractivity contribution in [3.8, 4) is 11.5 Å². The lowest BCUT2D eigenvalue weighted by Crippen LogP contribution is -2.24. The summed E-state index contributed by atoms with van der Waals surface area (Å²) >= 11 is 0. The fraction of sp³-hybridized carbons (Fsp3) is 0.448. The van der Waals surface area contributed by atoms with Crippen molar-refractivity contribution in [1.82, 2.24) is 16.0 Å². The molecule has 0 aliphatic carbocycles. The first-order chi connectivity index (χ1) is 18.8. The summed E-state index contributed by atoms with van der Waals surface area (Å²) in [5.41, 5.74) is 18.8. The second-order valence-corrected chi connectivity index (χ2v) is 9.37. The highest BCUT2D eigenvalue weighted by atomic mass is 16.5. The van der Waals surface area contributed by atoms with Gasteiger partial charge in [-0.1, -0.05) is 25.1 Å². The Kier molecular flexibility index (Phi) is 14.5. The molecule has 1 aliphatic rings. The number of aromatic hydroxyl groups is 1. The normalized spacial score (nSPS) is 15.7. The van der Waals surface area contributed by atoms with Gasteiger partial charge in [0, 0.05) is 37.3 Å². The number of nitrogens with zero attached hydrogens (tertiary/aromatic N) is 1. The molecule has 0 fully saturated rings. The molecule has 1 amide bonds. The molecular formula is C29H45N7O3. The van der Waals surface area contributed by atoms with E-state index in [0.29, 0.717) is 19.8 Å². The molecule has 0 saturated heterocycles. The van der Waals surface area contributed by atoms with E-state index in [0.717, 1.165) is 48.4 Å². The van der Waals surface area contributed by atoms with Gasteiger partial charge >= 0.3 is 0 Å². The summed E-state index contributed by atoms with van der Waals surface area (Å²) in [6.45, 7) is 6.00. The summed E-state index contributed by atoms with van der Waals surface area (Å²) in [6.07, 6.45) is 7.30. The number of carbonyl (C=O) groups excluding carboxylic acids is 1. The minimum absolute atomic E-state index is 0.0884. The highest BCUT2D eigenvalue weighted by Gasteiger charge is 2.32. The zero-order chi connectivity index (χ0) is 28.5. The maximum Gasteiger partial charge on any atom is 0.243 e. The third-order valence-corrected chi connectivity index (χ3v) is 6.23. The second-order valence-electron chi connectivity index (χ2n) is 9.37. The lowest BCUT2D eigenvalue weighted by atomic mass is 9.92. The number of phenolic OH excluding ortho intramolecular Hbond substituents is 1. The zero-order valence-electron chi connectivity index (χ0n) is 23.2. The highest BCUT2D eigenvalue weighted by molar-refractivity contribution is 5.91. The maximum absolute atomic E-state index is 12.0. The van der Waals surface area contributed by atoms with Crippen LogP contribution in [0.5, 0.6) is 11.5 Å². The Morgan fingerprint density at radius 1 is 1.05 bits per heavy atom. The van der Waals surface area contributed by atoms with Crippen LogP contribution in [0, 0.1) is 0 Å². The Balaban J connectivity index is 0.000000510. The standard InChI is InChI=1S/C23H28N4O3.C6H17N3/c1-15-19-14-16(5-11-21(29)26-12-2-3-13-27-23(24)25)4-10-20(19)30-22(15)17-6-8-18(28)9-7-17;1-8-4-2-3-5-9-6-7/h4-11,14-15,22,28H,2-3,12-13H2,1H3,(H,26,29)(H4,24,25,27);8-9H,2-7H2,1H3/b11-5+;/t15-,22+;/m0./s1. The first kappa shape index (κ1) is 31.6. The summed E-state index contributed by atoms with van der Waals surface area (Å²) < 4.78 is 6.12. The van der Waals surface area contributed by atoms with E-state index in [1.807, 2.05) is 31.3 Å². The van der Waals surface area contributed by atoms with Gasteiger partial charge in [0.15, 0.2) is 5.96 Å². The van der Waals surface area contributed by atoms with E-state index in [2.05, 4.69) is 33.9 Å². The molecule has 0 bridgehead atoms. The monoisotopic (exact) mass is 539 g/mol. The van der Waals surface area contributed by atoms with Crippen LogP contribution in [0.2, 0.25) is 0 Å². The molecule has 2 atom stereocenters. The average molecular weight is 540 g/mol. The molecule has 10 N–H and O–H groups in total. The Labute approximate surface area is 232 Å². The van der Waals surface area contributed by atoms with Gasteiger partial charge in [-0.25, -0.2) is 0 Å². The number of carbonyl (C=O) groups is 1. The van der Waals surface area contributed by atoms with Crippen molar-refractivity contribution >= 4 is 17.9 Å². The summed E-state index contributed by atoms with van der Waals surface area (Å²) in [4.78, 5) is 15.9. The number of unbranched alkanes of at least 4 members (excludes halogenated alkanes) is 2. The number of rotatable bonds is 14. The third-order valence-electron chi connectivity index (χ3n) is 6.23. The Morgan fingerprint density at radius 2 is 1.77 bits per heavy atom.